The Labute approximate surface area is 204 Å². The second-order valence-corrected chi connectivity index (χ2v) is 10.2. The number of hydrogen-bond acceptors (Lipinski definition) is 1. The number of alkyl halides is 1. The van der Waals surface area contributed by atoms with Crippen molar-refractivity contribution in [2.24, 2.45) is 5.92 Å². The summed E-state index contributed by atoms with van der Waals surface area (Å²) >= 11 is 5.74. The Balaban J connectivity index is 0.000000196. The van der Waals surface area contributed by atoms with Gasteiger partial charge in [-0.1, -0.05) is 122 Å². The minimum atomic E-state index is -0.446. The molecule has 1 unspecified atom stereocenters. The van der Waals surface area contributed by atoms with Crippen molar-refractivity contribution < 1.29 is 0 Å². The van der Waals surface area contributed by atoms with Crippen molar-refractivity contribution in [3.63, 3.8) is 0 Å². The molecule has 0 saturated carbocycles. The Bertz CT molecular complexity index is 1030. The van der Waals surface area contributed by atoms with Crippen LogP contribution in [0.1, 0.15) is 24.5 Å². The second-order valence-electron chi connectivity index (χ2n) is 7.73. The average molecular weight is 470 g/mol. The molecule has 4 aromatic carbocycles. The highest BCUT2D eigenvalue weighted by atomic mass is 35.5. The standard InChI is InChI=1S/C18H15P.C12H14ClN/c1-4-10-16(11-5-1)19(17-12-6-2-7-13-17)18-14-8-3-9-15-18;1-2-10(9-14)6-11-4-3-5-12(7-11)8-13/h1-15H;3-5,7,10H,2,6,8H2,1H3. The molecule has 0 saturated heterocycles. The van der Waals surface area contributed by atoms with Crippen molar-refractivity contribution in [1.29, 1.82) is 5.26 Å². The minimum absolute atomic E-state index is 0.126. The zero-order valence-corrected chi connectivity index (χ0v) is 20.6. The van der Waals surface area contributed by atoms with E-state index >= 15 is 0 Å². The molecule has 3 heteroatoms. The molecule has 0 aliphatic rings. The Morgan fingerprint density at radius 3 is 1.55 bits per heavy atom. The third-order valence-electron chi connectivity index (χ3n) is 5.35. The highest BCUT2D eigenvalue weighted by Gasteiger charge is 2.15. The molecule has 0 spiro atoms. The van der Waals surface area contributed by atoms with Gasteiger partial charge in [0.15, 0.2) is 0 Å². The predicted octanol–water partition coefficient (Wildman–Crippen LogP) is 6.96. The molecule has 0 bridgehead atoms. The monoisotopic (exact) mass is 469 g/mol. The molecule has 0 radical (unpaired) electrons. The molecule has 0 aliphatic carbocycles. The van der Waals surface area contributed by atoms with E-state index in [4.69, 9.17) is 16.9 Å². The first-order chi connectivity index (χ1) is 16.2. The summed E-state index contributed by atoms with van der Waals surface area (Å²) in [5.74, 6) is 0.664. The van der Waals surface area contributed by atoms with Gasteiger partial charge in [0.25, 0.3) is 0 Å². The lowest BCUT2D eigenvalue weighted by Gasteiger charge is -2.18. The summed E-state index contributed by atoms with van der Waals surface area (Å²) in [6.07, 6.45) is 1.74. The quantitative estimate of drug-likeness (QED) is 0.212. The van der Waals surface area contributed by atoms with Crippen LogP contribution in [0.3, 0.4) is 0 Å². The number of hydrogen-bond donors (Lipinski definition) is 0. The van der Waals surface area contributed by atoms with Crippen molar-refractivity contribution in [1.82, 2.24) is 0 Å². The molecule has 0 aliphatic heterocycles. The predicted molar refractivity (Wildman–Crippen MR) is 144 cm³/mol. The van der Waals surface area contributed by atoms with Gasteiger partial charge in [-0.3, -0.25) is 0 Å². The summed E-state index contributed by atoms with van der Waals surface area (Å²) < 4.78 is 0. The van der Waals surface area contributed by atoms with E-state index in [0.717, 1.165) is 18.4 Å². The van der Waals surface area contributed by atoms with Crippen molar-refractivity contribution in [2.45, 2.75) is 25.6 Å². The van der Waals surface area contributed by atoms with Crippen LogP contribution in [0.5, 0.6) is 0 Å². The molecule has 0 N–H and O–H groups in total. The van der Waals surface area contributed by atoms with Crippen LogP contribution in [0.4, 0.5) is 0 Å². The SMILES string of the molecule is CCC(C#N)Cc1cccc(CCl)c1.c1ccc(P(c2ccccc2)c2ccccc2)cc1. The molecule has 0 heterocycles. The maximum Gasteiger partial charge on any atom is 0.0659 e. The fourth-order valence-electron chi connectivity index (χ4n) is 3.58. The van der Waals surface area contributed by atoms with E-state index in [1.165, 1.54) is 21.5 Å². The first-order valence-electron chi connectivity index (χ1n) is 11.2. The largest absolute Gasteiger partial charge is 0.198 e. The van der Waals surface area contributed by atoms with Crippen molar-refractivity contribution >= 4 is 35.4 Å². The van der Waals surface area contributed by atoms with E-state index in [0.29, 0.717) is 5.88 Å². The third-order valence-corrected chi connectivity index (χ3v) is 8.10. The van der Waals surface area contributed by atoms with Gasteiger partial charge in [0.1, 0.15) is 0 Å². The van der Waals surface area contributed by atoms with Gasteiger partial charge in [-0.15, -0.1) is 11.6 Å². The van der Waals surface area contributed by atoms with Gasteiger partial charge in [0, 0.05) is 5.88 Å². The van der Waals surface area contributed by atoms with Crippen LogP contribution in [-0.4, -0.2) is 0 Å². The van der Waals surface area contributed by atoms with E-state index in [2.05, 4.69) is 109 Å². The van der Waals surface area contributed by atoms with E-state index in [9.17, 15) is 0 Å². The highest BCUT2D eigenvalue weighted by molar-refractivity contribution is 7.79. The zero-order valence-electron chi connectivity index (χ0n) is 18.9. The lowest BCUT2D eigenvalue weighted by Crippen LogP contribution is -2.20. The molecule has 33 heavy (non-hydrogen) atoms. The maximum absolute atomic E-state index is 8.84. The molecule has 1 atom stereocenters. The molecule has 1 nitrogen and oxygen atoms in total. The Hall–Kier alpha value is -2.91. The summed E-state index contributed by atoms with van der Waals surface area (Å²) in [5.41, 5.74) is 2.33. The van der Waals surface area contributed by atoms with Gasteiger partial charge in [0.05, 0.1) is 12.0 Å². The first kappa shape index (κ1) is 24.7. The van der Waals surface area contributed by atoms with Crippen LogP contribution in [0.25, 0.3) is 0 Å². The number of nitriles is 1. The van der Waals surface area contributed by atoms with Crippen molar-refractivity contribution in [2.75, 3.05) is 0 Å². The number of nitrogens with zero attached hydrogens (tertiary/aromatic N) is 1. The van der Waals surface area contributed by atoms with E-state index < -0.39 is 7.92 Å². The number of halogens is 1. The van der Waals surface area contributed by atoms with Gasteiger partial charge >= 0.3 is 0 Å². The van der Waals surface area contributed by atoms with E-state index in [1.807, 2.05) is 19.1 Å². The highest BCUT2D eigenvalue weighted by Crippen LogP contribution is 2.32. The summed E-state index contributed by atoms with van der Waals surface area (Å²) in [6, 6.07) is 42.8. The molecule has 166 valence electrons. The Kier molecular flexibility index (Phi) is 10.2. The molecular formula is C30H29ClNP. The Morgan fingerprint density at radius 1 is 0.697 bits per heavy atom. The summed E-state index contributed by atoms with van der Waals surface area (Å²) in [5, 5.41) is 13.0. The van der Waals surface area contributed by atoms with Gasteiger partial charge in [-0.2, -0.15) is 5.26 Å². The number of rotatable bonds is 7. The summed E-state index contributed by atoms with van der Waals surface area (Å²) in [6.45, 7) is 2.04. The fraction of sp³-hybridized carbons (Fsp3) is 0.167. The first-order valence-corrected chi connectivity index (χ1v) is 13.1. The fourth-order valence-corrected chi connectivity index (χ4v) is 6.06. The van der Waals surface area contributed by atoms with Crippen LogP contribution < -0.4 is 15.9 Å². The average Bonchev–Trinajstić information content (AvgIpc) is 2.90. The molecule has 0 amide bonds. The van der Waals surface area contributed by atoms with E-state index in [1.54, 1.807) is 0 Å². The van der Waals surface area contributed by atoms with Gasteiger partial charge in [-0.25, -0.2) is 0 Å². The molecule has 4 rings (SSSR count). The van der Waals surface area contributed by atoms with Gasteiger partial charge in [0.2, 0.25) is 0 Å². The Morgan fingerprint density at radius 2 is 1.15 bits per heavy atom. The normalized spacial score (nSPS) is 11.2. The molecule has 4 aromatic rings. The van der Waals surface area contributed by atoms with Crippen LogP contribution in [0.2, 0.25) is 0 Å². The van der Waals surface area contributed by atoms with Crippen LogP contribution in [0.15, 0.2) is 115 Å². The summed E-state index contributed by atoms with van der Waals surface area (Å²) in [7, 11) is -0.446. The van der Waals surface area contributed by atoms with Gasteiger partial charge in [-0.05, 0) is 47.8 Å². The topological polar surface area (TPSA) is 23.8 Å². The minimum Gasteiger partial charge on any atom is -0.198 e. The third kappa shape index (κ3) is 7.57. The van der Waals surface area contributed by atoms with Crippen LogP contribution >= 0.6 is 19.5 Å². The van der Waals surface area contributed by atoms with Crippen LogP contribution in [0, 0.1) is 17.2 Å². The van der Waals surface area contributed by atoms with E-state index in [-0.39, 0.29) is 5.92 Å². The van der Waals surface area contributed by atoms with Gasteiger partial charge < -0.3 is 0 Å². The molecule has 0 aromatic heterocycles. The molecular weight excluding hydrogens is 441 g/mol. The second kappa shape index (κ2) is 13.6. The maximum atomic E-state index is 8.84. The van der Waals surface area contributed by atoms with Crippen molar-refractivity contribution in [3.8, 4) is 6.07 Å². The number of benzene rings is 4. The molecule has 0 fully saturated rings. The summed E-state index contributed by atoms with van der Waals surface area (Å²) in [4.78, 5) is 0. The van der Waals surface area contributed by atoms with Crippen molar-refractivity contribution in [3.05, 3.63) is 126 Å². The lowest BCUT2D eigenvalue weighted by atomic mass is 9.97. The zero-order chi connectivity index (χ0) is 23.3. The lowest BCUT2D eigenvalue weighted by molar-refractivity contribution is 0.638. The smallest absolute Gasteiger partial charge is 0.0659 e. The van der Waals surface area contributed by atoms with Crippen LogP contribution in [-0.2, 0) is 12.3 Å².